The molecule has 5 heteroatoms. The lowest BCUT2D eigenvalue weighted by atomic mass is 10.5. The summed E-state index contributed by atoms with van der Waals surface area (Å²) in [6.45, 7) is 0. The summed E-state index contributed by atoms with van der Waals surface area (Å²) in [5, 5.41) is 1.06. The first kappa shape index (κ1) is 8.60. The van der Waals surface area contributed by atoms with Crippen LogP contribution in [0.15, 0.2) is 10.7 Å². The Hall–Kier alpha value is 0.500. The molecule has 1 aromatic rings. The lowest BCUT2D eigenvalue weighted by Crippen LogP contribution is -1.79. The van der Waals surface area contributed by atoms with Crippen molar-refractivity contribution in [2.24, 2.45) is 0 Å². The van der Waals surface area contributed by atoms with Gasteiger partial charge in [-0.15, -0.1) is 0 Å². The number of nitrogens with zero attached hydrogens (tertiary/aromatic N) is 1. The third kappa shape index (κ3) is 1.76. The van der Waals surface area contributed by atoms with Crippen LogP contribution >= 0.6 is 50.7 Å². The predicted octanol–water partition coefficient (Wildman–Crippen LogP) is 3.80. The highest BCUT2D eigenvalue weighted by molar-refractivity contribution is 9.10. The maximum Gasteiger partial charge on any atom is 0.149 e. The molecule has 0 saturated heterocycles. The van der Waals surface area contributed by atoms with Gasteiger partial charge >= 0.3 is 0 Å². The Bertz CT molecular complexity index is 213. The Morgan fingerprint density at radius 3 is 2.30 bits per heavy atom. The number of hydrogen-bond donors (Lipinski definition) is 0. The smallest absolute Gasteiger partial charge is 0.149 e. The first-order valence-corrected chi connectivity index (χ1v) is 4.21. The van der Waals surface area contributed by atoms with Crippen molar-refractivity contribution in [3.05, 3.63) is 25.9 Å². The fraction of sp³-hybridized carbons (Fsp3) is 0. The lowest BCUT2D eigenvalue weighted by molar-refractivity contribution is 1.28. The molecule has 0 bridgehead atoms. The van der Waals surface area contributed by atoms with E-state index in [1.54, 1.807) is 0 Å². The third-order valence-electron chi connectivity index (χ3n) is 0.844. The molecule has 0 aliphatic rings. The molecule has 0 radical (unpaired) electrons. The minimum atomic E-state index is 0.248. The second kappa shape index (κ2) is 3.26. The highest BCUT2D eigenvalue weighted by Gasteiger charge is 2.03. The minimum Gasteiger partial charge on any atom is -0.226 e. The Morgan fingerprint density at radius 2 is 1.80 bits per heavy atom. The van der Waals surface area contributed by atoms with Crippen LogP contribution in [0.3, 0.4) is 0 Å². The van der Waals surface area contributed by atoms with Gasteiger partial charge in [-0.1, -0.05) is 34.8 Å². The molecule has 0 N–H and O–H groups in total. The number of pyridine rings is 1. The van der Waals surface area contributed by atoms with Crippen molar-refractivity contribution in [1.29, 1.82) is 0 Å². The maximum absolute atomic E-state index is 5.63. The average Bonchev–Trinajstić information content (AvgIpc) is 1.84. The van der Waals surface area contributed by atoms with Gasteiger partial charge in [0.15, 0.2) is 0 Å². The van der Waals surface area contributed by atoms with Crippen molar-refractivity contribution < 1.29 is 0 Å². The van der Waals surface area contributed by atoms with Crippen LogP contribution < -0.4 is 0 Å². The molecule has 1 nitrogen and oxygen atoms in total. The van der Waals surface area contributed by atoms with Crippen molar-refractivity contribution in [3.63, 3.8) is 0 Å². The summed E-state index contributed by atoms with van der Waals surface area (Å²) in [4.78, 5) is 3.79. The van der Waals surface area contributed by atoms with Crippen LogP contribution in [-0.2, 0) is 0 Å². The number of aromatic nitrogens is 1. The van der Waals surface area contributed by atoms with Crippen LogP contribution in [0.4, 0.5) is 0 Å². The van der Waals surface area contributed by atoms with Crippen LogP contribution in [0.1, 0.15) is 0 Å². The Morgan fingerprint density at radius 1 is 1.20 bits per heavy atom. The summed E-state index contributed by atoms with van der Waals surface area (Å²) in [5.41, 5.74) is 0. The van der Waals surface area contributed by atoms with Gasteiger partial charge in [-0.05, 0) is 22.0 Å². The van der Waals surface area contributed by atoms with Crippen molar-refractivity contribution in [3.8, 4) is 0 Å². The zero-order chi connectivity index (χ0) is 7.72. The number of halogens is 4. The molecule has 0 spiro atoms. The van der Waals surface area contributed by atoms with Crippen LogP contribution in [0.2, 0.25) is 15.2 Å². The molecular formula is C5HBrCl3N. The zero-order valence-electron chi connectivity index (χ0n) is 4.54. The fourth-order valence-corrected chi connectivity index (χ4v) is 1.31. The molecule has 10 heavy (non-hydrogen) atoms. The van der Waals surface area contributed by atoms with Crippen LogP contribution in [-0.4, -0.2) is 4.98 Å². The van der Waals surface area contributed by atoms with Crippen LogP contribution in [0, 0.1) is 0 Å². The van der Waals surface area contributed by atoms with Crippen molar-refractivity contribution in [1.82, 2.24) is 4.98 Å². The molecule has 0 saturated carbocycles. The molecule has 1 heterocycles. The quantitative estimate of drug-likeness (QED) is 0.647. The molecule has 0 fully saturated rings. The van der Waals surface area contributed by atoms with E-state index >= 15 is 0 Å². The van der Waals surface area contributed by atoms with Gasteiger partial charge in [-0.2, -0.15) is 0 Å². The van der Waals surface area contributed by atoms with E-state index in [9.17, 15) is 0 Å². The molecule has 0 aliphatic carbocycles. The summed E-state index contributed by atoms with van der Waals surface area (Å²) in [7, 11) is 0. The van der Waals surface area contributed by atoms with Crippen molar-refractivity contribution in [2.75, 3.05) is 0 Å². The first-order chi connectivity index (χ1) is 4.61. The van der Waals surface area contributed by atoms with Crippen molar-refractivity contribution in [2.45, 2.75) is 0 Å². The zero-order valence-corrected chi connectivity index (χ0v) is 8.39. The van der Waals surface area contributed by atoms with Crippen LogP contribution in [0.5, 0.6) is 0 Å². The predicted molar refractivity (Wildman–Crippen MR) is 47.0 cm³/mol. The van der Waals surface area contributed by atoms with E-state index in [2.05, 4.69) is 20.9 Å². The molecule has 0 amide bonds. The van der Waals surface area contributed by atoms with Gasteiger partial charge in [-0.3, -0.25) is 0 Å². The molecule has 0 unspecified atom stereocenters. The number of rotatable bonds is 0. The molecule has 0 atom stereocenters. The molecule has 1 rings (SSSR count). The average molecular weight is 261 g/mol. The van der Waals surface area contributed by atoms with Gasteiger partial charge in [0.25, 0.3) is 0 Å². The van der Waals surface area contributed by atoms with Gasteiger partial charge in [0.1, 0.15) is 9.76 Å². The van der Waals surface area contributed by atoms with E-state index in [-0.39, 0.29) is 5.15 Å². The second-order valence-corrected chi connectivity index (χ2v) is 3.46. The standard InChI is InChI=1S/C5HBrCl3N/c6-4-2(7)1-3(8)5(9)10-4/h1H. The van der Waals surface area contributed by atoms with Gasteiger partial charge in [0, 0.05) is 0 Å². The lowest BCUT2D eigenvalue weighted by Gasteiger charge is -1.96. The first-order valence-electron chi connectivity index (χ1n) is 2.28. The van der Waals surface area contributed by atoms with E-state index in [0.717, 1.165) is 0 Å². The maximum atomic E-state index is 5.63. The Labute approximate surface area is 81.4 Å². The van der Waals surface area contributed by atoms with E-state index in [1.807, 2.05) is 0 Å². The van der Waals surface area contributed by atoms with Gasteiger partial charge in [0.05, 0.1) is 10.0 Å². The molecule has 1 aromatic heterocycles. The van der Waals surface area contributed by atoms with Gasteiger partial charge in [0.2, 0.25) is 0 Å². The summed E-state index contributed by atoms with van der Waals surface area (Å²) in [6, 6.07) is 1.53. The third-order valence-corrected chi connectivity index (χ3v) is 2.64. The highest BCUT2D eigenvalue weighted by atomic mass is 79.9. The van der Waals surface area contributed by atoms with E-state index in [0.29, 0.717) is 14.6 Å². The molecule has 54 valence electrons. The Balaban J connectivity index is 3.28. The summed E-state index contributed by atoms with van der Waals surface area (Å²) in [5.74, 6) is 0. The van der Waals surface area contributed by atoms with E-state index in [1.165, 1.54) is 6.07 Å². The van der Waals surface area contributed by atoms with Crippen molar-refractivity contribution >= 4 is 50.7 Å². The summed E-state index contributed by atoms with van der Waals surface area (Å²) < 4.78 is 0.503. The SMILES string of the molecule is Clc1cc(Cl)c(Br)nc1Cl. The monoisotopic (exact) mass is 259 g/mol. The van der Waals surface area contributed by atoms with Gasteiger partial charge in [-0.25, -0.2) is 4.98 Å². The summed E-state index contributed by atoms with van der Waals surface area (Å²) in [6.07, 6.45) is 0. The second-order valence-electron chi connectivity index (χ2n) is 1.53. The van der Waals surface area contributed by atoms with E-state index in [4.69, 9.17) is 34.8 Å². The largest absolute Gasteiger partial charge is 0.226 e. The van der Waals surface area contributed by atoms with E-state index < -0.39 is 0 Å². The van der Waals surface area contributed by atoms with Crippen LogP contribution in [0.25, 0.3) is 0 Å². The fourth-order valence-electron chi connectivity index (χ4n) is 0.423. The number of hydrogen-bond acceptors (Lipinski definition) is 1. The minimum absolute atomic E-state index is 0.248. The molecule has 0 aliphatic heterocycles. The summed E-state index contributed by atoms with van der Waals surface area (Å²) >= 11 is 19.9. The normalized spacial score (nSPS) is 10.0. The Kier molecular flexibility index (Phi) is 2.81. The topological polar surface area (TPSA) is 12.9 Å². The van der Waals surface area contributed by atoms with Gasteiger partial charge < -0.3 is 0 Å². The molecule has 0 aromatic carbocycles. The molecular weight excluding hydrogens is 260 g/mol. The highest BCUT2D eigenvalue weighted by Crippen LogP contribution is 2.28.